The summed E-state index contributed by atoms with van der Waals surface area (Å²) in [6.45, 7) is 1.94. The van der Waals surface area contributed by atoms with Crippen LogP contribution in [0.15, 0.2) is 12.4 Å². The van der Waals surface area contributed by atoms with Crippen LogP contribution in [0.5, 0.6) is 0 Å². The van der Waals surface area contributed by atoms with E-state index in [0.29, 0.717) is 17.4 Å². The van der Waals surface area contributed by atoms with Crippen LogP contribution in [0.1, 0.15) is 19.8 Å². The van der Waals surface area contributed by atoms with Crippen LogP contribution in [0.4, 0.5) is 5.82 Å². The van der Waals surface area contributed by atoms with Gasteiger partial charge in [-0.15, -0.1) is 0 Å². The molecule has 0 aromatic carbocycles. The fraction of sp³-hybridized carbons (Fsp3) is 0.375. The number of halogens is 1. The van der Waals surface area contributed by atoms with Gasteiger partial charge in [-0.3, -0.25) is 4.79 Å². The van der Waals surface area contributed by atoms with Crippen molar-refractivity contribution < 1.29 is 4.79 Å². The topological polar surface area (TPSA) is 54.9 Å². The highest BCUT2D eigenvalue weighted by Crippen LogP contribution is 2.05. The SMILES string of the molecule is CCCC(=O)Nc1cnc(Cl)cn1. The van der Waals surface area contributed by atoms with Crippen molar-refractivity contribution in [3.05, 3.63) is 17.5 Å². The third kappa shape index (κ3) is 3.38. The van der Waals surface area contributed by atoms with Gasteiger partial charge >= 0.3 is 0 Å². The highest BCUT2D eigenvalue weighted by atomic mass is 35.5. The molecule has 70 valence electrons. The number of hydrogen-bond acceptors (Lipinski definition) is 3. The molecule has 0 aliphatic carbocycles. The molecule has 0 atom stereocenters. The van der Waals surface area contributed by atoms with Crippen LogP contribution in [0, 0.1) is 0 Å². The average Bonchev–Trinajstić information content (AvgIpc) is 2.09. The van der Waals surface area contributed by atoms with Crippen molar-refractivity contribution in [2.45, 2.75) is 19.8 Å². The Kier molecular flexibility index (Phi) is 3.64. The maximum atomic E-state index is 11.1. The summed E-state index contributed by atoms with van der Waals surface area (Å²) in [6, 6.07) is 0. The van der Waals surface area contributed by atoms with Gasteiger partial charge in [-0.25, -0.2) is 9.97 Å². The Hall–Kier alpha value is -1.16. The molecule has 1 N–H and O–H groups in total. The van der Waals surface area contributed by atoms with Gasteiger partial charge in [-0.1, -0.05) is 18.5 Å². The van der Waals surface area contributed by atoms with Crippen LogP contribution in [0.2, 0.25) is 5.15 Å². The maximum absolute atomic E-state index is 11.1. The van der Waals surface area contributed by atoms with E-state index in [1.165, 1.54) is 12.4 Å². The Balaban J connectivity index is 2.54. The predicted octanol–water partition coefficient (Wildman–Crippen LogP) is 1.87. The van der Waals surface area contributed by atoms with Crippen molar-refractivity contribution in [3.63, 3.8) is 0 Å². The minimum absolute atomic E-state index is 0.0564. The molecule has 0 radical (unpaired) electrons. The zero-order chi connectivity index (χ0) is 9.68. The summed E-state index contributed by atoms with van der Waals surface area (Å²) in [7, 11) is 0. The highest BCUT2D eigenvalue weighted by molar-refractivity contribution is 6.29. The van der Waals surface area contributed by atoms with Gasteiger partial charge in [0.2, 0.25) is 5.91 Å². The monoisotopic (exact) mass is 199 g/mol. The first-order valence-electron chi connectivity index (χ1n) is 3.99. The molecule has 5 heteroatoms. The quantitative estimate of drug-likeness (QED) is 0.809. The molecular formula is C8H10ClN3O. The van der Waals surface area contributed by atoms with E-state index in [0.717, 1.165) is 6.42 Å². The molecule has 0 saturated heterocycles. The molecule has 0 unspecified atom stereocenters. The summed E-state index contributed by atoms with van der Waals surface area (Å²) in [5, 5.41) is 2.91. The van der Waals surface area contributed by atoms with Crippen LogP contribution in [-0.2, 0) is 4.79 Å². The lowest BCUT2D eigenvalue weighted by molar-refractivity contribution is -0.116. The van der Waals surface area contributed by atoms with Crippen molar-refractivity contribution in [2.75, 3.05) is 5.32 Å². The summed E-state index contributed by atoms with van der Waals surface area (Å²) >= 11 is 5.52. The van der Waals surface area contributed by atoms with E-state index in [4.69, 9.17) is 11.6 Å². The number of aromatic nitrogens is 2. The van der Waals surface area contributed by atoms with Crippen molar-refractivity contribution in [1.82, 2.24) is 9.97 Å². The second-order valence-corrected chi connectivity index (χ2v) is 2.91. The molecule has 0 aliphatic heterocycles. The fourth-order valence-corrected chi connectivity index (χ4v) is 0.907. The molecule has 1 amide bonds. The van der Waals surface area contributed by atoms with Gasteiger partial charge in [0.05, 0.1) is 12.4 Å². The maximum Gasteiger partial charge on any atom is 0.225 e. The number of carbonyl (C=O) groups excluding carboxylic acids is 1. The Morgan fingerprint density at radius 1 is 1.54 bits per heavy atom. The second-order valence-electron chi connectivity index (χ2n) is 2.52. The van der Waals surface area contributed by atoms with Gasteiger partial charge in [0.1, 0.15) is 5.15 Å². The number of nitrogens with one attached hydrogen (secondary N) is 1. The minimum atomic E-state index is -0.0564. The third-order valence-corrected chi connectivity index (χ3v) is 1.56. The Morgan fingerprint density at radius 2 is 2.31 bits per heavy atom. The Morgan fingerprint density at radius 3 is 2.85 bits per heavy atom. The lowest BCUT2D eigenvalue weighted by Crippen LogP contribution is -2.11. The summed E-state index contributed by atoms with van der Waals surface area (Å²) in [6.07, 6.45) is 4.12. The van der Waals surface area contributed by atoms with E-state index in [-0.39, 0.29) is 5.91 Å². The number of carbonyl (C=O) groups is 1. The number of nitrogens with zero attached hydrogens (tertiary/aromatic N) is 2. The van der Waals surface area contributed by atoms with Crippen LogP contribution < -0.4 is 5.32 Å². The Labute approximate surface area is 81.3 Å². The van der Waals surface area contributed by atoms with Crippen LogP contribution >= 0.6 is 11.6 Å². The first-order valence-corrected chi connectivity index (χ1v) is 4.37. The lowest BCUT2D eigenvalue weighted by atomic mass is 10.3. The largest absolute Gasteiger partial charge is 0.309 e. The molecular weight excluding hydrogens is 190 g/mol. The van der Waals surface area contributed by atoms with Gasteiger partial charge < -0.3 is 5.32 Å². The number of rotatable bonds is 3. The van der Waals surface area contributed by atoms with E-state index in [1.807, 2.05) is 6.92 Å². The van der Waals surface area contributed by atoms with Crippen LogP contribution in [0.3, 0.4) is 0 Å². The van der Waals surface area contributed by atoms with E-state index in [2.05, 4.69) is 15.3 Å². The molecule has 4 nitrogen and oxygen atoms in total. The zero-order valence-corrected chi connectivity index (χ0v) is 8.01. The molecule has 1 rings (SSSR count). The van der Waals surface area contributed by atoms with Crippen molar-refractivity contribution in [1.29, 1.82) is 0 Å². The molecule has 1 heterocycles. The average molecular weight is 200 g/mol. The summed E-state index contributed by atoms with van der Waals surface area (Å²) < 4.78 is 0. The van der Waals surface area contributed by atoms with E-state index >= 15 is 0 Å². The number of anilines is 1. The smallest absolute Gasteiger partial charge is 0.225 e. The van der Waals surface area contributed by atoms with Crippen LogP contribution in [0.25, 0.3) is 0 Å². The van der Waals surface area contributed by atoms with Gasteiger partial charge in [-0.2, -0.15) is 0 Å². The van der Waals surface area contributed by atoms with Gasteiger partial charge in [0.15, 0.2) is 5.82 Å². The fourth-order valence-electron chi connectivity index (χ4n) is 0.809. The Bertz CT molecular complexity index is 286. The molecule has 0 fully saturated rings. The standard InChI is InChI=1S/C8H10ClN3O/c1-2-3-8(13)12-7-5-10-6(9)4-11-7/h4-5H,2-3H2,1H3,(H,11,12,13). The lowest BCUT2D eigenvalue weighted by Gasteiger charge is -2.01. The molecule has 0 saturated carbocycles. The predicted molar refractivity (Wildman–Crippen MR) is 50.6 cm³/mol. The number of hydrogen-bond donors (Lipinski definition) is 1. The highest BCUT2D eigenvalue weighted by Gasteiger charge is 2.01. The molecule has 13 heavy (non-hydrogen) atoms. The molecule has 0 spiro atoms. The first kappa shape index (κ1) is 9.92. The van der Waals surface area contributed by atoms with Gasteiger partial charge in [0.25, 0.3) is 0 Å². The normalized spacial score (nSPS) is 9.69. The molecule has 1 aromatic heterocycles. The van der Waals surface area contributed by atoms with Gasteiger partial charge in [0, 0.05) is 6.42 Å². The summed E-state index contributed by atoms with van der Waals surface area (Å²) in [5.41, 5.74) is 0. The second kappa shape index (κ2) is 4.77. The molecule has 0 aliphatic rings. The van der Waals surface area contributed by atoms with Crippen molar-refractivity contribution in [2.24, 2.45) is 0 Å². The summed E-state index contributed by atoms with van der Waals surface area (Å²) in [5.74, 6) is 0.377. The van der Waals surface area contributed by atoms with E-state index in [1.54, 1.807) is 0 Å². The number of amides is 1. The van der Waals surface area contributed by atoms with E-state index < -0.39 is 0 Å². The molecule has 0 bridgehead atoms. The van der Waals surface area contributed by atoms with Gasteiger partial charge in [-0.05, 0) is 6.42 Å². The molecule has 1 aromatic rings. The van der Waals surface area contributed by atoms with E-state index in [9.17, 15) is 4.79 Å². The first-order chi connectivity index (χ1) is 6.22. The third-order valence-electron chi connectivity index (χ3n) is 1.36. The van der Waals surface area contributed by atoms with Crippen molar-refractivity contribution >= 4 is 23.3 Å². The minimum Gasteiger partial charge on any atom is -0.309 e. The summed E-state index contributed by atoms with van der Waals surface area (Å²) in [4.78, 5) is 18.7. The van der Waals surface area contributed by atoms with Crippen LogP contribution in [-0.4, -0.2) is 15.9 Å². The van der Waals surface area contributed by atoms with Crippen molar-refractivity contribution in [3.8, 4) is 0 Å². The zero-order valence-electron chi connectivity index (χ0n) is 7.25.